The van der Waals surface area contributed by atoms with Crippen LogP contribution in [0.25, 0.3) is 0 Å². The van der Waals surface area contributed by atoms with Crippen LogP contribution in [0, 0.1) is 0 Å². The second-order valence-corrected chi connectivity index (χ2v) is 4.75. The van der Waals surface area contributed by atoms with Crippen LogP contribution in [-0.2, 0) is 13.1 Å². The fraction of sp³-hybridized carbons (Fsp3) is 0.333. The molecule has 2 heterocycles. The molecule has 0 saturated heterocycles. The molecule has 1 aromatic carbocycles. The van der Waals surface area contributed by atoms with Crippen LogP contribution in [0.2, 0.25) is 0 Å². The number of hydrogen-bond donors (Lipinski definition) is 0. The monoisotopic (exact) mass is 255 g/mol. The lowest BCUT2D eigenvalue weighted by molar-refractivity contribution is 0.0988. The van der Waals surface area contributed by atoms with Gasteiger partial charge in [0.05, 0.1) is 6.54 Å². The van der Waals surface area contributed by atoms with Gasteiger partial charge in [-0.05, 0) is 12.1 Å². The Balaban J connectivity index is 1.94. The normalized spacial score (nSPS) is 14.3. The minimum Gasteiger partial charge on any atom is -0.362 e. The van der Waals surface area contributed by atoms with Gasteiger partial charge in [0.15, 0.2) is 5.78 Å². The molecule has 0 amide bonds. The maximum Gasteiger partial charge on any atom is 0.164 e. The summed E-state index contributed by atoms with van der Waals surface area (Å²) in [6.45, 7) is 4.50. The third-order valence-electron chi connectivity index (χ3n) is 3.61. The van der Waals surface area contributed by atoms with E-state index in [4.69, 9.17) is 0 Å². The zero-order valence-electron chi connectivity index (χ0n) is 11.0. The number of Topliss-reactive ketones (excluding diaryl/α,β-unsaturated/α-hetero) is 1. The second kappa shape index (κ2) is 4.88. The van der Waals surface area contributed by atoms with Crippen molar-refractivity contribution in [3.63, 3.8) is 0 Å². The molecule has 0 spiro atoms. The molecule has 0 atom stereocenters. The van der Waals surface area contributed by atoms with Crippen LogP contribution in [0.1, 0.15) is 29.5 Å². The van der Waals surface area contributed by atoms with Gasteiger partial charge in [0, 0.05) is 43.2 Å². The number of nitrogens with zero attached hydrogens (tertiary/aromatic N) is 3. The van der Waals surface area contributed by atoms with E-state index in [1.165, 1.54) is 0 Å². The Kier molecular flexibility index (Phi) is 3.07. The van der Waals surface area contributed by atoms with Crippen LogP contribution in [0.5, 0.6) is 0 Å². The summed E-state index contributed by atoms with van der Waals surface area (Å²) < 4.78 is 2.17. The molecule has 0 saturated carbocycles. The van der Waals surface area contributed by atoms with E-state index in [0.29, 0.717) is 6.42 Å². The predicted molar refractivity (Wildman–Crippen MR) is 74.3 cm³/mol. The molecule has 2 aromatic rings. The van der Waals surface area contributed by atoms with Crippen LogP contribution in [0.4, 0.5) is 5.69 Å². The van der Waals surface area contributed by atoms with Gasteiger partial charge in [0.2, 0.25) is 0 Å². The largest absolute Gasteiger partial charge is 0.362 e. The lowest BCUT2D eigenvalue weighted by Gasteiger charge is -2.30. The van der Waals surface area contributed by atoms with E-state index < -0.39 is 0 Å². The molecule has 0 unspecified atom stereocenters. The summed E-state index contributed by atoms with van der Waals surface area (Å²) in [7, 11) is 0. The molecule has 0 N–H and O–H groups in total. The van der Waals surface area contributed by atoms with Crippen LogP contribution in [-0.4, -0.2) is 21.9 Å². The predicted octanol–water partition coefficient (Wildman–Crippen LogP) is 2.50. The molecule has 19 heavy (non-hydrogen) atoms. The summed E-state index contributed by atoms with van der Waals surface area (Å²) in [5, 5.41) is 0. The quantitative estimate of drug-likeness (QED) is 0.791. The van der Waals surface area contributed by atoms with Crippen molar-refractivity contribution in [1.82, 2.24) is 9.55 Å². The number of hydrogen-bond acceptors (Lipinski definition) is 3. The first-order chi connectivity index (χ1) is 9.29. The maximum absolute atomic E-state index is 12.0. The van der Waals surface area contributed by atoms with E-state index in [1.54, 1.807) is 0 Å². The number of rotatable bonds is 3. The van der Waals surface area contributed by atoms with E-state index in [9.17, 15) is 4.79 Å². The number of para-hydroxylation sites is 1. The number of carbonyl (C=O) groups excluding carboxylic acids is 1. The smallest absolute Gasteiger partial charge is 0.164 e. The number of carbonyl (C=O) groups is 1. The fourth-order valence-corrected chi connectivity index (χ4v) is 2.55. The molecule has 98 valence electrons. The molecular formula is C15H17N3O. The van der Waals surface area contributed by atoms with Crippen molar-refractivity contribution in [2.75, 3.05) is 11.4 Å². The summed E-state index contributed by atoms with van der Waals surface area (Å²) in [5.74, 6) is 1.26. The number of ketones is 1. The van der Waals surface area contributed by atoms with Gasteiger partial charge in [0.1, 0.15) is 5.82 Å². The van der Waals surface area contributed by atoms with Crippen molar-refractivity contribution in [2.24, 2.45) is 0 Å². The number of anilines is 1. The van der Waals surface area contributed by atoms with Crippen LogP contribution in [0.3, 0.4) is 0 Å². The number of aromatic nitrogens is 2. The van der Waals surface area contributed by atoms with E-state index in [1.807, 2.05) is 43.6 Å². The van der Waals surface area contributed by atoms with Gasteiger partial charge in [0.25, 0.3) is 0 Å². The van der Waals surface area contributed by atoms with Gasteiger partial charge < -0.3 is 9.47 Å². The molecular weight excluding hydrogens is 238 g/mol. The van der Waals surface area contributed by atoms with E-state index in [2.05, 4.69) is 14.5 Å². The lowest BCUT2D eigenvalue weighted by Crippen LogP contribution is -2.34. The van der Waals surface area contributed by atoms with Gasteiger partial charge in [-0.3, -0.25) is 4.79 Å². The maximum atomic E-state index is 12.0. The minimum absolute atomic E-state index is 0.199. The van der Waals surface area contributed by atoms with Crippen LogP contribution < -0.4 is 4.90 Å². The molecule has 1 aliphatic heterocycles. The van der Waals surface area contributed by atoms with Gasteiger partial charge >= 0.3 is 0 Å². The summed E-state index contributed by atoms with van der Waals surface area (Å²) in [6.07, 6.45) is 4.39. The highest BCUT2D eigenvalue weighted by Gasteiger charge is 2.20. The lowest BCUT2D eigenvalue weighted by atomic mass is 10.1. The van der Waals surface area contributed by atoms with Gasteiger partial charge in [-0.2, -0.15) is 0 Å². The van der Waals surface area contributed by atoms with Crippen molar-refractivity contribution < 1.29 is 4.79 Å². The van der Waals surface area contributed by atoms with E-state index >= 15 is 0 Å². The summed E-state index contributed by atoms with van der Waals surface area (Å²) in [4.78, 5) is 18.6. The van der Waals surface area contributed by atoms with E-state index in [0.717, 1.165) is 36.7 Å². The molecule has 4 heteroatoms. The first kappa shape index (κ1) is 12.0. The van der Waals surface area contributed by atoms with Gasteiger partial charge in [-0.25, -0.2) is 4.98 Å². The van der Waals surface area contributed by atoms with Crippen LogP contribution >= 0.6 is 0 Å². The summed E-state index contributed by atoms with van der Waals surface area (Å²) >= 11 is 0. The topological polar surface area (TPSA) is 38.1 Å². The van der Waals surface area contributed by atoms with Crippen LogP contribution in [0.15, 0.2) is 36.7 Å². The average molecular weight is 255 g/mol. The molecule has 1 aromatic heterocycles. The highest BCUT2D eigenvalue weighted by molar-refractivity contribution is 6.01. The molecule has 0 bridgehead atoms. The van der Waals surface area contributed by atoms with Gasteiger partial charge in [-0.15, -0.1) is 0 Å². The Hall–Kier alpha value is -2.10. The Bertz CT molecular complexity index is 603. The third-order valence-corrected chi connectivity index (χ3v) is 3.61. The summed E-state index contributed by atoms with van der Waals surface area (Å²) in [6, 6.07) is 7.86. The molecule has 4 nitrogen and oxygen atoms in total. The van der Waals surface area contributed by atoms with Crippen molar-refractivity contribution in [1.29, 1.82) is 0 Å². The molecule has 0 radical (unpaired) electrons. The Morgan fingerprint density at radius 2 is 2.16 bits per heavy atom. The number of imidazole rings is 1. The highest BCUT2D eigenvalue weighted by Crippen LogP contribution is 2.25. The average Bonchev–Trinajstić information content (AvgIpc) is 2.93. The minimum atomic E-state index is 0.199. The van der Waals surface area contributed by atoms with Crippen molar-refractivity contribution in [2.45, 2.75) is 26.4 Å². The van der Waals surface area contributed by atoms with Crippen molar-refractivity contribution >= 4 is 11.5 Å². The number of fused-ring (bicyclic) bond motifs is 1. The molecule has 0 fully saturated rings. The fourth-order valence-electron chi connectivity index (χ4n) is 2.55. The highest BCUT2D eigenvalue weighted by atomic mass is 16.1. The molecule has 0 aliphatic carbocycles. The SMILES string of the molecule is CCC(=O)c1ccccc1N1CCn2ccnc2C1. The Morgan fingerprint density at radius 1 is 1.32 bits per heavy atom. The number of benzene rings is 1. The standard InChI is InChI=1S/C15H17N3O/c1-2-14(19)12-5-3-4-6-13(12)18-10-9-17-8-7-16-15(17)11-18/h3-8H,2,9-11H2,1H3. The zero-order chi connectivity index (χ0) is 13.2. The Morgan fingerprint density at radius 3 is 3.00 bits per heavy atom. The van der Waals surface area contributed by atoms with Crippen molar-refractivity contribution in [3.8, 4) is 0 Å². The first-order valence-electron chi connectivity index (χ1n) is 6.66. The van der Waals surface area contributed by atoms with Gasteiger partial charge in [-0.1, -0.05) is 19.1 Å². The third kappa shape index (κ3) is 2.14. The van der Waals surface area contributed by atoms with Crippen molar-refractivity contribution in [3.05, 3.63) is 48.0 Å². The summed E-state index contributed by atoms with van der Waals surface area (Å²) in [5.41, 5.74) is 1.86. The molecule has 1 aliphatic rings. The molecule has 3 rings (SSSR count). The van der Waals surface area contributed by atoms with E-state index in [-0.39, 0.29) is 5.78 Å². The Labute approximate surface area is 112 Å². The second-order valence-electron chi connectivity index (χ2n) is 4.75. The zero-order valence-corrected chi connectivity index (χ0v) is 11.0. The first-order valence-corrected chi connectivity index (χ1v) is 6.66.